The number of nitrogens with one attached hydrogen (secondary N) is 2. The highest BCUT2D eigenvalue weighted by Gasteiger charge is 2.20. The molecule has 3 aromatic rings. The Morgan fingerprint density at radius 1 is 1.06 bits per heavy atom. The number of thioether (sulfide) groups is 1. The summed E-state index contributed by atoms with van der Waals surface area (Å²) in [6.07, 6.45) is 0. The molecule has 7 nitrogen and oxygen atoms in total. The molecule has 168 valence electrons. The van der Waals surface area contributed by atoms with Crippen molar-refractivity contribution < 1.29 is 9.59 Å². The maximum absolute atomic E-state index is 12.6. The van der Waals surface area contributed by atoms with Crippen molar-refractivity contribution in [3.05, 3.63) is 70.5 Å². The molecule has 32 heavy (non-hydrogen) atoms. The van der Waals surface area contributed by atoms with E-state index in [0.29, 0.717) is 23.1 Å². The highest BCUT2D eigenvalue weighted by Crippen LogP contribution is 2.24. The summed E-state index contributed by atoms with van der Waals surface area (Å²) < 4.78 is 1.93. The lowest BCUT2D eigenvalue weighted by atomic mass is 10.1. The number of carbonyl (C=O) groups is 2. The second-order valence-electron chi connectivity index (χ2n) is 7.76. The van der Waals surface area contributed by atoms with Gasteiger partial charge in [0.2, 0.25) is 5.91 Å². The van der Waals surface area contributed by atoms with Crippen molar-refractivity contribution >= 4 is 29.3 Å². The van der Waals surface area contributed by atoms with Crippen molar-refractivity contribution in [2.24, 2.45) is 0 Å². The second kappa shape index (κ2) is 10.5. The van der Waals surface area contributed by atoms with Crippen molar-refractivity contribution in [2.75, 3.05) is 11.1 Å². The SMILES string of the molecule is CCn1c(SCC(=O)Nc2c(C)cc(C)cc2C)nnc1[C@H](C)NC(=O)c1ccccc1. The van der Waals surface area contributed by atoms with Gasteiger partial charge in [0.05, 0.1) is 11.8 Å². The fraction of sp³-hybridized carbons (Fsp3) is 0.333. The lowest BCUT2D eigenvalue weighted by Gasteiger charge is -2.15. The fourth-order valence-corrected chi connectivity index (χ4v) is 4.45. The van der Waals surface area contributed by atoms with Gasteiger partial charge in [0.15, 0.2) is 11.0 Å². The Morgan fingerprint density at radius 2 is 1.72 bits per heavy atom. The molecular weight excluding hydrogens is 422 g/mol. The minimum Gasteiger partial charge on any atom is -0.342 e. The van der Waals surface area contributed by atoms with E-state index in [1.165, 1.54) is 17.3 Å². The van der Waals surface area contributed by atoms with Crippen LogP contribution in [0.15, 0.2) is 47.6 Å². The highest BCUT2D eigenvalue weighted by molar-refractivity contribution is 7.99. The van der Waals surface area contributed by atoms with Gasteiger partial charge in [-0.25, -0.2) is 0 Å². The predicted octanol–water partition coefficient (Wildman–Crippen LogP) is 4.45. The summed E-state index contributed by atoms with van der Waals surface area (Å²) in [7, 11) is 0. The Morgan fingerprint density at radius 3 is 2.34 bits per heavy atom. The topological polar surface area (TPSA) is 88.9 Å². The van der Waals surface area contributed by atoms with Gasteiger partial charge in [-0.15, -0.1) is 10.2 Å². The number of hydrogen-bond acceptors (Lipinski definition) is 5. The number of aryl methyl sites for hydroxylation is 3. The van der Waals surface area contributed by atoms with Gasteiger partial charge < -0.3 is 15.2 Å². The first kappa shape index (κ1) is 23.5. The number of anilines is 1. The van der Waals surface area contributed by atoms with Crippen molar-refractivity contribution in [3.63, 3.8) is 0 Å². The van der Waals surface area contributed by atoms with Crippen LogP contribution in [-0.4, -0.2) is 32.3 Å². The summed E-state index contributed by atoms with van der Waals surface area (Å²) in [5, 5.41) is 15.2. The standard InChI is InChI=1S/C24H29N5O2S/c1-6-29-22(18(5)25-23(31)19-10-8-7-9-11-19)27-28-24(29)32-14-20(30)26-21-16(3)12-15(2)13-17(21)4/h7-13,18H,6,14H2,1-5H3,(H,25,31)(H,26,30)/t18-/m0/s1. The summed E-state index contributed by atoms with van der Waals surface area (Å²) in [4.78, 5) is 25.0. The Balaban J connectivity index is 1.64. The van der Waals surface area contributed by atoms with E-state index in [9.17, 15) is 9.59 Å². The number of amides is 2. The third-order valence-corrected chi connectivity index (χ3v) is 6.07. The van der Waals surface area contributed by atoms with Gasteiger partial charge in [-0.05, 0) is 57.9 Å². The average Bonchev–Trinajstić information content (AvgIpc) is 3.18. The molecule has 0 saturated carbocycles. The van der Waals surface area contributed by atoms with Crippen LogP contribution >= 0.6 is 11.8 Å². The number of nitrogens with zero attached hydrogens (tertiary/aromatic N) is 3. The first-order valence-corrected chi connectivity index (χ1v) is 11.6. The third kappa shape index (κ3) is 5.56. The Hall–Kier alpha value is -3.13. The zero-order valence-corrected chi connectivity index (χ0v) is 19.9. The quantitative estimate of drug-likeness (QED) is 0.494. The van der Waals surface area contributed by atoms with Crippen LogP contribution < -0.4 is 10.6 Å². The van der Waals surface area contributed by atoms with Crippen molar-refractivity contribution in [3.8, 4) is 0 Å². The zero-order valence-electron chi connectivity index (χ0n) is 19.1. The van der Waals surface area contributed by atoms with Crippen LogP contribution in [-0.2, 0) is 11.3 Å². The smallest absolute Gasteiger partial charge is 0.251 e. The predicted molar refractivity (Wildman–Crippen MR) is 128 cm³/mol. The van der Waals surface area contributed by atoms with Crippen molar-refractivity contribution in [1.29, 1.82) is 0 Å². The van der Waals surface area contributed by atoms with Crippen LogP contribution in [0.2, 0.25) is 0 Å². The number of benzene rings is 2. The van der Waals surface area contributed by atoms with Crippen LogP contribution in [0.3, 0.4) is 0 Å². The van der Waals surface area contributed by atoms with Gasteiger partial charge in [0, 0.05) is 17.8 Å². The van der Waals surface area contributed by atoms with E-state index < -0.39 is 0 Å². The molecule has 0 fully saturated rings. The maximum Gasteiger partial charge on any atom is 0.251 e. The average molecular weight is 452 g/mol. The van der Waals surface area contributed by atoms with E-state index in [4.69, 9.17) is 0 Å². The van der Waals surface area contributed by atoms with E-state index in [-0.39, 0.29) is 23.6 Å². The molecule has 2 aromatic carbocycles. The molecule has 0 aliphatic heterocycles. The van der Waals surface area contributed by atoms with E-state index in [1.807, 2.05) is 57.4 Å². The first-order valence-electron chi connectivity index (χ1n) is 10.6. The molecule has 1 aromatic heterocycles. The Labute approximate surface area is 193 Å². The first-order chi connectivity index (χ1) is 15.3. The Bertz CT molecular complexity index is 1090. The van der Waals surface area contributed by atoms with Gasteiger partial charge in [-0.3, -0.25) is 9.59 Å². The van der Waals surface area contributed by atoms with Crippen LogP contribution in [0.1, 0.15) is 52.8 Å². The van der Waals surface area contributed by atoms with E-state index in [1.54, 1.807) is 12.1 Å². The molecule has 1 heterocycles. The molecule has 0 spiro atoms. The second-order valence-corrected chi connectivity index (χ2v) is 8.70. The van der Waals surface area contributed by atoms with Gasteiger partial charge in [0.25, 0.3) is 5.91 Å². The molecule has 2 N–H and O–H groups in total. The molecule has 3 rings (SSSR count). The summed E-state index contributed by atoms with van der Waals surface area (Å²) in [6.45, 7) is 10.5. The molecule has 0 aliphatic rings. The van der Waals surface area contributed by atoms with Crippen LogP contribution in [0.5, 0.6) is 0 Å². The molecular formula is C24H29N5O2S. The molecule has 0 aliphatic carbocycles. The minimum atomic E-state index is -0.323. The molecule has 0 radical (unpaired) electrons. The summed E-state index contributed by atoms with van der Waals surface area (Å²) >= 11 is 1.33. The van der Waals surface area contributed by atoms with Crippen LogP contribution in [0, 0.1) is 20.8 Å². The van der Waals surface area contributed by atoms with Crippen molar-refractivity contribution in [2.45, 2.75) is 52.4 Å². The third-order valence-electron chi connectivity index (χ3n) is 5.11. The number of rotatable bonds is 8. The number of aromatic nitrogens is 3. The number of carbonyl (C=O) groups excluding carboxylic acids is 2. The maximum atomic E-state index is 12.6. The molecule has 1 atom stereocenters. The summed E-state index contributed by atoms with van der Waals surface area (Å²) in [6, 6.07) is 12.8. The van der Waals surface area contributed by atoms with E-state index >= 15 is 0 Å². The van der Waals surface area contributed by atoms with Gasteiger partial charge in [-0.2, -0.15) is 0 Å². The molecule has 0 bridgehead atoms. The zero-order chi connectivity index (χ0) is 23.3. The molecule has 0 unspecified atom stereocenters. The van der Waals surface area contributed by atoms with Crippen LogP contribution in [0.25, 0.3) is 0 Å². The molecule has 8 heteroatoms. The lowest BCUT2D eigenvalue weighted by Crippen LogP contribution is -2.28. The largest absolute Gasteiger partial charge is 0.342 e. The van der Waals surface area contributed by atoms with E-state index in [0.717, 1.165) is 16.8 Å². The monoisotopic (exact) mass is 451 g/mol. The van der Waals surface area contributed by atoms with Gasteiger partial charge >= 0.3 is 0 Å². The highest BCUT2D eigenvalue weighted by atomic mass is 32.2. The Kier molecular flexibility index (Phi) is 7.69. The molecule has 2 amide bonds. The fourth-order valence-electron chi connectivity index (χ4n) is 3.64. The van der Waals surface area contributed by atoms with Crippen molar-refractivity contribution in [1.82, 2.24) is 20.1 Å². The molecule has 0 saturated heterocycles. The van der Waals surface area contributed by atoms with Crippen LogP contribution in [0.4, 0.5) is 5.69 Å². The summed E-state index contributed by atoms with van der Waals surface area (Å²) in [5.74, 6) is 0.615. The van der Waals surface area contributed by atoms with E-state index in [2.05, 4.69) is 33.0 Å². The summed E-state index contributed by atoms with van der Waals surface area (Å²) in [5.41, 5.74) is 4.71. The normalized spacial score (nSPS) is 11.8. The minimum absolute atomic E-state index is 0.0947. The number of hydrogen-bond donors (Lipinski definition) is 2. The lowest BCUT2D eigenvalue weighted by molar-refractivity contribution is -0.113. The van der Waals surface area contributed by atoms with Gasteiger partial charge in [0.1, 0.15) is 0 Å². The van der Waals surface area contributed by atoms with Gasteiger partial charge in [-0.1, -0.05) is 47.7 Å².